The standard InChI is InChI=1S/C16H16ClF3N2O2S/c1-22(10-16(18,19)20)6-7-24-14(23)8-11-9-25-15(21-11)12-4-2-3-5-13(12)17/h2-5,9H,6-8,10H2,1H3. The van der Waals surface area contributed by atoms with Gasteiger partial charge in [0, 0.05) is 17.5 Å². The molecule has 1 aromatic carbocycles. The summed E-state index contributed by atoms with van der Waals surface area (Å²) in [5.74, 6) is -0.531. The Morgan fingerprint density at radius 2 is 2.08 bits per heavy atom. The molecule has 0 N–H and O–H groups in total. The first-order valence-corrected chi connectivity index (χ1v) is 8.60. The second-order valence-electron chi connectivity index (χ2n) is 5.37. The molecule has 0 bridgehead atoms. The summed E-state index contributed by atoms with van der Waals surface area (Å²) in [6.07, 6.45) is -4.31. The van der Waals surface area contributed by atoms with Gasteiger partial charge in [-0.2, -0.15) is 13.2 Å². The second kappa shape index (κ2) is 8.64. The molecule has 0 aliphatic rings. The number of ether oxygens (including phenoxy) is 1. The van der Waals surface area contributed by atoms with E-state index in [1.807, 2.05) is 18.2 Å². The maximum absolute atomic E-state index is 12.2. The van der Waals surface area contributed by atoms with E-state index in [9.17, 15) is 18.0 Å². The predicted octanol–water partition coefficient (Wildman–Crippen LogP) is 4.04. The number of hydrogen-bond donors (Lipinski definition) is 0. The van der Waals surface area contributed by atoms with Crippen LogP contribution in [0.2, 0.25) is 5.02 Å². The molecule has 0 amide bonds. The number of hydrogen-bond acceptors (Lipinski definition) is 5. The molecule has 2 aromatic rings. The van der Waals surface area contributed by atoms with Gasteiger partial charge in [0.05, 0.1) is 23.7 Å². The lowest BCUT2D eigenvalue weighted by Crippen LogP contribution is -2.33. The van der Waals surface area contributed by atoms with Gasteiger partial charge < -0.3 is 4.74 Å². The van der Waals surface area contributed by atoms with Crippen LogP contribution in [0, 0.1) is 0 Å². The average molecular weight is 393 g/mol. The van der Waals surface area contributed by atoms with E-state index in [4.69, 9.17) is 16.3 Å². The molecule has 0 radical (unpaired) electrons. The van der Waals surface area contributed by atoms with Crippen LogP contribution in [0.1, 0.15) is 5.69 Å². The van der Waals surface area contributed by atoms with Crippen molar-refractivity contribution >= 4 is 28.9 Å². The molecular weight excluding hydrogens is 377 g/mol. The molecular formula is C16H16ClF3N2O2S. The highest BCUT2D eigenvalue weighted by molar-refractivity contribution is 7.13. The van der Waals surface area contributed by atoms with Crippen molar-refractivity contribution in [3.63, 3.8) is 0 Å². The average Bonchev–Trinajstić information content (AvgIpc) is 2.94. The number of rotatable bonds is 7. The fraction of sp³-hybridized carbons (Fsp3) is 0.375. The van der Waals surface area contributed by atoms with Gasteiger partial charge in [-0.3, -0.25) is 9.69 Å². The van der Waals surface area contributed by atoms with E-state index in [0.717, 1.165) is 10.5 Å². The van der Waals surface area contributed by atoms with Crippen molar-refractivity contribution in [1.29, 1.82) is 0 Å². The Kier molecular flexibility index (Phi) is 6.80. The molecule has 0 aliphatic carbocycles. The van der Waals surface area contributed by atoms with Crippen LogP contribution in [0.15, 0.2) is 29.6 Å². The van der Waals surface area contributed by atoms with Gasteiger partial charge in [-0.15, -0.1) is 11.3 Å². The normalized spacial score (nSPS) is 11.8. The van der Waals surface area contributed by atoms with Crippen molar-refractivity contribution in [3.05, 3.63) is 40.4 Å². The third kappa shape index (κ3) is 6.64. The zero-order chi connectivity index (χ0) is 18.4. The zero-order valence-electron chi connectivity index (χ0n) is 13.3. The lowest BCUT2D eigenvalue weighted by Gasteiger charge is -2.18. The van der Waals surface area contributed by atoms with Gasteiger partial charge in [-0.05, 0) is 13.1 Å². The van der Waals surface area contributed by atoms with Crippen molar-refractivity contribution in [2.75, 3.05) is 26.7 Å². The maximum Gasteiger partial charge on any atom is 0.401 e. The van der Waals surface area contributed by atoms with E-state index in [0.29, 0.717) is 15.7 Å². The van der Waals surface area contributed by atoms with Gasteiger partial charge in [-0.25, -0.2) is 4.98 Å². The van der Waals surface area contributed by atoms with E-state index < -0.39 is 18.7 Å². The second-order valence-corrected chi connectivity index (χ2v) is 6.64. The Bertz CT molecular complexity index is 721. The smallest absolute Gasteiger partial charge is 0.401 e. The van der Waals surface area contributed by atoms with Crippen LogP contribution in [0.5, 0.6) is 0 Å². The van der Waals surface area contributed by atoms with Gasteiger partial charge in [-0.1, -0.05) is 29.8 Å². The molecule has 136 valence electrons. The summed E-state index contributed by atoms with van der Waals surface area (Å²) in [5, 5.41) is 2.99. The lowest BCUT2D eigenvalue weighted by atomic mass is 10.2. The number of nitrogens with zero attached hydrogens (tertiary/aromatic N) is 2. The molecule has 1 heterocycles. The number of likely N-dealkylation sites (N-methyl/N-ethyl adjacent to an activating group) is 1. The number of thiazole rings is 1. The van der Waals surface area contributed by atoms with E-state index in [1.165, 1.54) is 18.4 Å². The molecule has 25 heavy (non-hydrogen) atoms. The van der Waals surface area contributed by atoms with Crippen molar-refractivity contribution in [2.24, 2.45) is 0 Å². The fourth-order valence-corrected chi connectivity index (χ4v) is 3.19. The summed E-state index contributed by atoms with van der Waals surface area (Å²) in [7, 11) is 1.32. The third-order valence-electron chi connectivity index (χ3n) is 3.17. The van der Waals surface area contributed by atoms with E-state index in [1.54, 1.807) is 11.4 Å². The topological polar surface area (TPSA) is 42.4 Å². The molecule has 0 saturated heterocycles. The predicted molar refractivity (Wildman–Crippen MR) is 90.8 cm³/mol. The zero-order valence-corrected chi connectivity index (χ0v) is 14.9. The van der Waals surface area contributed by atoms with Crippen molar-refractivity contribution in [2.45, 2.75) is 12.6 Å². The molecule has 4 nitrogen and oxygen atoms in total. The molecule has 9 heteroatoms. The quantitative estimate of drug-likeness (QED) is 0.667. The Morgan fingerprint density at radius 1 is 1.36 bits per heavy atom. The SMILES string of the molecule is CN(CCOC(=O)Cc1csc(-c2ccccc2Cl)n1)CC(F)(F)F. The number of esters is 1. The Labute approximate surface area is 152 Å². The molecule has 0 unspecified atom stereocenters. The molecule has 0 spiro atoms. The molecule has 0 aliphatic heterocycles. The summed E-state index contributed by atoms with van der Waals surface area (Å²) in [6.45, 7) is -1.14. The van der Waals surface area contributed by atoms with Crippen LogP contribution in [0.25, 0.3) is 10.6 Å². The van der Waals surface area contributed by atoms with Crippen LogP contribution in [-0.4, -0.2) is 48.8 Å². The van der Waals surface area contributed by atoms with E-state index in [2.05, 4.69) is 4.98 Å². The Balaban J connectivity index is 1.81. The lowest BCUT2D eigenvalue weighted by molar-refractivity contribution is -0.148. The number of halogens is 4. The van der Waals surface area contributed by atoms with Crippen LogP contribution < -0.4 is 0 Å². The summed E-state index contributed by atoms with van der Waals surface area (Å²) < 4.78 is 41.5. The highest BCUT2D eigenvalue weighted by Gasteiger charge is 2.29. The van der Waals surface area contributed by atoms with Crippen molar-refractivity contribution < 1.29 is 22.7 Å². The molecule has 0 fully saturated rings. The van der Waals surface area contributed by atoms with Crippen molar-refractivity contribution in [3.8, 4) is 10.6 Å². The number of benzene rings is 1. The molecule has 0 saturated carbocycles. The van der Waals surface area contributed by atoms with Gasteiger partial charge in [0.2, 0.25) is 0 Å². The molecule has 2 rings (SSSR count). The van der Waals surface area contributed by atoms with E-state index >= 15 is 0 Å². The first kappa shape index (κ1) is 19.7. The monoisotopic (exact) mass is 392 g/mol. The maximum atomic E-state index is 12.2. The van der Waals surface area contributed by atoms with Gasteiger partial charge >= 0.3 is 12.1 Å². The summed E-state index contributed by atoms with van der Waals surface area (Å²) in [4.78, 5) is 17.2. The number of aromatic nitrogens is 1. The van der Waals surface area contributed by atoms with Gasteiger partial charge in [0.1, 0.15) is 11.6 Å². The number of carbonyl (C=O) groups is 1. The summed E-state index contributed by atoms with van der Waals surface area (Å²) in [6, 6.07) is 7.24. The van der Waals surface area contributed by atoms with Crippen LogP contribution in [0.4, 0.5) is 13.2 Å². The largest absolute Gasteiger partial charge is 0.464 e. The summed E-state index contributed by atoms with van der Waals surface area (Å²) in [5.41, 5.74) is 1.32. The first-order valence-electron chi connectivity index (χ1n) is 7.35. The van der Waals surface area contributed by atoms with Crippen LogP contribution in [-0.2, 0) is 16.0 Å². The van der Waals surface area contributed by atoms with Gasteiger partial charge in [0.25, 0.3) is 0 Å². The fourth-order valence-electron chi connectivity index (χ4n) is 2.05. The Morgan fingerprint density at radius 3 is 2.76 bits per heavy atom. The minimum Gasteiger partial charge on any atom is -0.464 e. The molecule has 1 aromatic heterocycles. The Hall–Kier alpha value is -1.64. The summed E-state index contributed by atoms with van der Waals surface area (Å²) >= 11 is 7.47. The third-order valence-corrected chi connectivity index (χ3v) is 4.42. The van der Waals surface area contributed by atoms with Gasteiger partial charge in [0.15, 0.2) is 0 Å². The highest BCUT2D eigenvalue weighted by atomic mass is 35.5. The first-order chi connectivity index (χ1) is 11.7. The number of carbonyl (C=O) groups excluding carboxylic acids is 1. The highest BCUT2D eigenvalue weighted by Crippen LogP contribution is 2.30. The minimum absolute atomic E-state index is 0.00713. The number of alkyl halides is 3. The van der Waals surface area contributed by atoms with Crippen molar-refractivity contribution in [1.82, 2.24) is 9.88 Å². The molecule has 0 atom stereocenters. The van der Waals surface area contributed by atoms with Crippen LogP contribution >= 0.6 is 22.9 Å². The van der Waals surface area contributed by atoms with E-state index in [-0.39, 0.29) is 19.6 Å². The van der Waals surface area contributed by atoms with Crippen LogP contribution in [0.3, 0.4) is 0 Å². The minimum atomic E-state index is -4.27.